The van der Waals surface area contributed by atoms with Crippen LogP contribution in [-0.4, -0.2) is 33.1 Å². The molecule has 0 saturated carbocycles. The monoisotopic (exact) mass is 354 g/mol. The minimum atomic E-state index is -0.516. The van der Waals surface area contributed by atoms with Crippen LogP contribution in [0.15, 0.2) is 48.2 Å². The van der Waals surface area contributed by atoms with Gasteiger partial charge in [-0.3, -0.25) is 14.9 Å². The van der Waals surface area contributed by atoms with Crippen LogP contribution in [0.5, 0.6) is 17.2 Å². The summed E-state index contributed by atoms with van der Waals surface area (Å²) in [6, 6.07) is 12.1. The summed E-state index contributed by atoms with van der Waals surface area (Å²) in [6.45, 7) is 0. The third kappa shape index (κ3) is 3.19. The average molecular weight is 354 g/mol. The molecule has 0 bridgehead atoms. The van der Waals surface area contributed by atoms with E-state index in [9.17, 15) is 9.59 Å². The summed E-state index contributed by atoms with van der Waals surface area (Å²) < 4.78 is 15.8. The molecule has 134 valence electrons. The first-order chi connectivity index (χ1) is 12.6. The van der Waals surface area contributed by atoms with Crippen molar-refractivity contribution in [3.63, 3.8) is 0 Å². The van der Waals surface area contributed by atoms with Crippen molar-refractivity contribution in [1.82, 2.24) is 5.32 Å². The molecule has 2 N–H and O–H groups in total. The van der Waals surface area contributed by atoms with Gasteiger partial charge in [-0.25, -0.2) is 0 Å². The SMILES string of the molecule is COc1cc(NC2=C(c3ccccc3OC)C(=O)NC2=O)cc(OC)c1. The van der Waals surface area contributed by atoms with Crippen molar-refractivity contribution in [2.75, 3.05) is 26.6 Å². The molecule has 0 unspecified atom stereocenters. The van der Waals surface area contributed by atoms with Gasteiger partial charge in [-0.15, -0.1) is 0 Å². The van der Waals surface area contributed by atoms with Gasteiger partial charge in [0.25, 0.3) is 11.8 Å². The fourth-order valence-corrected chi connectivity index (χ4v) is 2.71. The second-order valence-corrected chi connectivity index (χ2v) is 5.46. The van der Waals surface area contributed by atoms with E-state index in [2.05, 4.69) is 10.6 Å². The topological polar surface area (TPSA) is 85.9 Å². The van der Waals surface area contributed by atoms with Crippen molar-refractivity contribution in [3.05, 3.63) is 53.7 Å². The number of rotatable bonds is 6. The highest BCUT2D eigenvalue weighted by molar-refractivity contribution is 6.37. The molecule has 0 radical (unpaired) electrons. The van der Waals surface area contributed by atoms with Gasteiger partial charge in [-0.1, -0.05) is 18.2 Å². The van der Waals surface area contributed by atoms with E-state index in [1.54, 1.807) is 42.5 Å². The maximum absolute atomic E-state index is 12.4. The fourth-order valence-electron chi connectivity index (χ4n) is 2.71. The zero-order chi connectivity index (χ0) is 18.7. The molecular weight excluding hydrogens is 336 g/mol. The lowest BCUT2D eigenvalue weighted by Crippen LogP contribution is -2.24. The lowest BCUT2D eigenvalue weighted by molar-refractivity contribution is -0.123. The predicted octanol–water partition coefficient (Wildman–Crippen LogP) is 2.19. The normalized spacial score (nSPS) is 13.5. The van der Waals surface area contributed by atoms with E-state index in [1.165, 1.54) is 21.3 Å². The Balaban J connectivity index is 2.09. The summed E-state index contributed by atoms with van der Waals surface area (Å²) in [6.07, 6.45) is 0. The minimum absolute atomic E-state index is 0.134. The molecule has 0 aliphatic carbocycles. The van der Waals surface area contributed by atoms with Crippen LogP contribution in [0.2, 0.25) is 0 Å². The second-order valence-electron chi connectivity index (χ2n) is 5.46. The molecule has 1 heterocycles. The van der Waals surface area contributed by atoms with Gasteiger partial charge in [-0.2, -0.15) is 0 Å². The van der Waals surface area contributed by atoms with E-state index in [0.29, 0.717) is 28.5 Å². The van der Waals surface area contributed by atoms with Crippen LogP contribution in [0.25, 0.3) is 5.57 Å². The van der Waals surface area contributed by atoms with Gasteiger partial charge in [0.05, 0.1) is 26.9 Å². The Kier molecular flexibility index (Phi) is 4.79. The lowest BCUT2D eigenvalue weighted by atomic mass is 10.0. The Morgan fingerprint density at radius 2 is 1.50 bits per heavy atom. The van der Waals surface area contributed by atoms with Crippen molar-refractivity contribution >= 4 is 23.1 Å². The molecule has 2 aromatic carbocycles. The molecule has 0 spiro atoms. The first-order valence-corrected chi connectivity index (χ1v) is 7.80. The van der Waals surface area contributed by atoms with Crippen molar-refractivity contribution < 1.29 is 23.8 Å². The minimum Gasteiger partial charge on any atom is -0.497 e. The van der Waals surface area contributed by atoms with Crippen molar-refractivity contribution in [2.24, 2.45) is 0 Å². The smallest absolute Gasteiger partial charge is 0.275 e. The van der Waals surface area contributed by atoms with E-state index >= 15 is 0 Å². The van der Waals surface area contributed by atoms with Crippen LogP contribution in [0.1, 0.15) is 5.56 Å². The Labute approximate surface area is 150 Å². The van der Waals surface area contributed by atoms with Gasteiger partial charge in [0.1, 0.15) is 22.9 Å². The van der Waals surface area contributed by atoms with Crippen molar-refractivity contribution in [2.45, 2.75) is 0 Å². The molecule has 2 amide bonds. The molecule has 0 fully saturated rings. The molecule has 26 heavy (non-hydrogen) atoms. The third-order valence-corrected chi connectivity index (χ3v) is 3.93. The molecule has 0 aromatic heterocycles. The quantitative estimate of drug-likeness (QED) is 0.774. The number of para-hydroxylation sites is 1. The first-order valence-electron chi connectivity index (χ1n) is 7.80. The number of benzene rings is 2. The highest BCUT2D eigenvalue weighted by Gasteiger charge is 2.33. The number of hydrogen-bond acceptors (Lipinski definition) is 6. The van der Waals surface area contributed by atoms with Gasteiger partial charge in [0, 0.05) is 29.4 Å². The van der Waals surface area contributed by atoms with Crippen molar-refractivity contribution in [1.29, 1.82) is 0 Å². The van der Waals surface area contributed by atoms with Crippen LogP contribution >= 0.6 is 0 Å². The van der Waals surface area contributed by atoms with Gasteiger partial charge >= 0.3 is 0 Å². The summed E-state index contributed by atoms with van der Waals surface area (Å²) in [5, 5.41) is 5.31. The van der Waals surface area contributed by atoms with Gasteiger partial charge in [-0.05, 0) is 6.07 Å². The zero-order valence-corrected chi connectivity index (χ0v) is 14.6. The molecule has 7 heteroatoms. The predicted molar refractivity (Wildman–Crippen MR) is 96.2 cm³/mol. The van der Waals surface area contributed by atoms with Gasteiger partial charge in [0.15, 0.2) is 0 Å². The number of amides is 2. The average Bonchev–Trinajstić information content (AvgIpc) is 2.94. The van der Waals surface area contributed by atoms with Crippen molar-refractivity contribution in [3.8, 4) is 17.2 Å². The van der Waals surface area contributed by atoms with Crippen LogP contribution in [0, 0.1) is 0 Å². The maximum Gasteiger partial charge on any atom is 0.275 e. The van der Waals surface area contributed by atoms with Crippen LogP contribution in [-0.2, 0) is 9.59 Å². The van der Waals surface area contributed by atoms with E-state index in [0.717, 1.165) is 0 Å². The lowest BCUT2D eigenvalue weighted by Gasteiger charge is -2.12. The summed E-state index contributed by atoms with van der Waals surface area (Å²) >= 11 is 0. The number of ether oxygens (including phenoxy) is 3. The Morgan fingerprint density at radius 1 is 0.846 bits per heavy atom. The third-order valence-electron chi connectivity index (χ3n) is 3.93. The molecule has 1 aliphatic rings. The molecule has 2 aromatic rings. The number of methoxy groups -OCH3 is 3. The molecule has 0 saturated heterocycles. The number of imide groups is 1. The Morgan fingerprint density at radius 3 is 2.12 bits per heavy atom. The van der Waals surface area contributed by atoms with E-state index in [1.807, 2.05) is 0 Å². The van der Waals surface area contributed by atoms with Crippen LogP contribution < -0.4 is 24.8 Å². The summed E-state index contributed by atoms with van der Waals surface area (Å²) in [4.78, 5) is 24.7. The standard InChI is InChI=1S/C19H18N2O5/c1-24-12-8-11(9-13(10-12)25-2)20-17-16(18(22)21-19(17)23)14-6-4-5-7-15(14)26-3/h4-10H,1-3H3,(H2,20,21,22,23). The second kappa shape index (κ2) is 7.18. The maximum atomic E-state index is 12.4. The fraction of sp³-hybridized carbons (Fsp3) is 0.158. The van der Waals surface area contributed by atoms with E-state index in [-0.39, 0.29) is 11.3 Å². The number of nitrogens with one attached hydrogen (secondary N) is 2. The summed E-state index contributed by atoms with van der Waals surface area (Å²) in [7, 11) is 4.57. The Hall–Kier alpha value is -3.48. The largest absolute Gasteiger partial charge is 0.497 e. The molecule has 0 atom stereocenters. The number of carbonyl (C=O) groups excluding carboxylic acids is 2. The summed E-state index contributed by atoms with van der Waals surface area (Å²) in [5.74, 6) is 0.594. The molecule has 7 nitrogen and oxygen atoms in total. The van der Waals surface area contributed by atoms with E-state index in [4.69, 9.17) is 14.2 Å². The highest BCUT2D eigenvalue weighted by atomic mass is 16.5. The number of hydrogen-bond donors (Lipinski definition) is 2. The molecule has 1 aliphatic heterocycles. The van der Waals surface area contributed by atoms with Gasteiger partial charge < -0.3 is 19.5 Å². The number of carbonyl (C=O) groups is 2. The Bertz CT molecular complexity index is 882. The zero-order valence-electron chi connectivity index (χ0n) is 14.6. The highest BCUT2D eigenvalue weighted by Crippen LogP contribution is 2.33. The van der Waals surface area contributed by atoms with Crippen LogP contribution in [0.4, 0.5) is 5.69 Å². The van der Waals surface area contributed by atoms with E-state index < -0.39 is 11.8 Å². The molecule has 3 rings (SSSR count). The summed E-state index contributed by atoms with van der Waals surface area (Å²) in [5.41, 5.74) is 1.42. The van der Waals surface area contributed by atoms with Crippen LogP contribution in [0.3, 0.4) is 0 Å². The number of anilines is 1. The van der Waals surface area contributed by atoms with Gasteiger partial charge in [0.2, 0.25) is 0 Å². The molecular formula is C19H18N2O5. The first kappa shape index (κ1) is 17.3.